The van der Waals surface area contributed by atoms with E-state index in [4.69, 9.17) is 16.3 Å². The van der Waals surface area contributed by atoms with Crippen LogP contribution in [0.4, 0.5) is 0 Å². The third-order valence-corrected chi connectivity index (χ3v) is 3.98. The van der Waals surface area contributed by atoms with Crippen LogP contribution in [0.5, 0.6) is 0 Å². The highest BCUT2D eigenvalue weighted by atomic mass is 35.5. The lowest BCUT2D eigenvalue weighted by Gasteiger charge is -2.21. The highest BCUT2D eigenvalue weighted by Crippen LogP contribution is 2.30. The summed E-state index contributed by atoms with van der Waals surface area (Å²) in [6.07, 6.45) is 5.21. The van der Waals surface area contributed by atoms with Crippen LogP contribution >= 0.6 is 11.6 Å². The number of pyridine rings is 1. The zero-order valence-corrected chi connectivity index (χ0v) is 11.3. The Morgan fingerprint density at radius 1 is 1.53 bits per heavy atom. The van der Waals surface area contributed by atoms with E-state index in [0.29, 0.717) is 12.0 Å². The molecule has 3 unspecified atom stereocenters. The Hall–Kier alpha value is -0.600. The van der Waals surface area contributed by atoms with Crippen molar-refractivity contribution in [3.05, 3.63) is 29.6 Å². The maximum atomic E-state index is 6.51. The summed E-state index contributed by atoms with van der Waals surface area (Å²) in [6, 6.07) is 4.16. The molecule has 1 aliphatic rings. The Balaban J connectivity index is 1.96. The van der Waals surface area contributed by atoms with Gasteiger partial charge >= 0.3 is 0 Å². The molecule has 1 aliphatic heterocycles. The topological polar surface area (TPSA) is 22.1 Å². The van der Waals surface area contributed by atoms with Crippen LogP contribution in [-0.2, 0) is 11.2 Å². The maximum absolute atomic E-state index is 6.51. The van der Waals surface area contributed by atoms with Crippen molar-refractivity contribution < 1.29 is 4.74 Å². The van der Waals surface area contributed by atoms with Crippen molar-refractivity contribution in [1.29, 1.82) is 0 Å². The van der Waals surface area contributed by atoms with E-state index in [1.54, 1.807) is 0 Å². The zero-order chi connectivity index (χ0) is 12.3. The van der Waals surface area contributed by atoms with Crippen LogP contribution in [0.1, 0.15) is 31.0 Å². The molecule has 2 rings (SSSR count). The summed E-state index contributed by atoms with van der Waals surface area (Å²) < 4.78 is 5.69. The minimum atomic E-state index is 0.137. The molecule has 1 aromatic heterocycles. The van der Waals surface area contributed by atoms with E-state index < -0.39 is 0 Å². The Labute approximate surface area is 108 Å². The molecule has 2 nitrogen and oxygen atoms in total. The summed E-state index contributed by atoms with van der Waals surface area (Å²) >= 11 is 6.51. The van der Waals surface area contributed by atoms with Gasteiger partial charge in [0.15, 0.2) is 0 Å². The van der Waals surface area contributed by atoms with Crippen LogP contribution in [-0.4, -0.2) is 23.1 Å². The molecule has 0 saturated carbocycles. The third kappa shape index (κ3) is 3.20. The molecule has 2 heterocycles. The first-order chi connectivity index (χ1) is 8.20. The normalized spacial score (nSPS) is 26.1. The molecule has 3 atom stereocenters. The van der Waals surface area contributed by atoms with Crippen LogP contribution in [0, 0.1) is 12.8 Å². The smallest absolute Gasteiger partial charge is 0.0615 e. The van der Waals surface area contributed by atoms with E-state index in [0.717, 1.165) is 31.6 Å². The molecule has 1 saturated heterocycles. The molecule has 94 valence electrons. The van der Waals surface area contributed by atoms with Gasteiger partial charge in [0, 0.05) is 36.2 Å². The fourth-order valence-electron chi connectivity index (χ4n) is 2.47. The lowest BCUT2D eigenvalue weighted by atomic mass is 9.93. The Bertz CT molecular complexity index is 352. The molecule has 0 bridgehead atoms. The Morgan fingerprint density at radius 3 is 3.00 bits per heavy atom. The average Bonchev–Trinajstić information content (AvgIpc) is 2.80. The molecule has 1 aromatic rings. The highest BCUT2D eigenvalue weighted by molar-refractivity contribution is 6.21. The van der Waals surface area contributed by atoms with Crippen molar-refractivity contribution >= 4 is 11.6 Å². The molecule has 0 radical (unpaired) electrons. The van der Waals surface area contributed by atoms with Gasteiger partial charge in [0.25, 0.3) is 0 Å². The molecule has 1 fully saturated rings. The van der Waals surface area contributed by atoms with Gasteiger partial charge in [-0.25, -0.2) is 0 Å². The quantitative estimate of drug-likeness (QED) is 0.768. The number of aryl methyl sites for hydroxylation is 1. The number of halogens is 1. The van der Waals surface area contributed by atoms with Gasteiger partial charge in [0.1, 0.15) is 0 Å². The molecular weight excluding hydrogens is 234 g/mol. The monoisotopic (exact) mass is 253 g/mol. The largest absolute Gasteiger partial charge is 0.378 e. The lowest BCUT2D eigenvalue weighted by molar-refractivity contribution is 0.0864. The number of aromatic nitrogens is 1. The molecule has 0 N–H and O–H groups in total. The van der Waals surface area contributed by atoms with E-state index in [2.05, 4.69) is 24.0 Å². The number of alkyl halides is 1. The first kappa shape index (κ1) is 12.8. The zero-order valence-electron chi connectivity index (χ0n) is 10.5. The summed E-state index contributed by atoms with van der Waals surface area (Å²) in [4.78, 5) is 4.42. The molecule has 0 aromatic carbocycles. The predicted molar refractivity (Wildman–Crippen MR) is 70.5 cm³/mol. The molecule has 0 spiro atoms. The van der Waals surface area contributed by atoms with E-state index >= 15 is 0 Å². The molecule has 3 heteroatoms. The SMILES string of the molecule is CCC1OCCC1C(Cl)Cc1ccc(C)cn1. The number of ether oxygens (including phenoxy) is 1. The summed E-state index contributed by atoms with van der Waals surface area (Å²) in [7, 11) is 0. The Morgan fingerprint density at radius 2 is 2.35 bits per heavy atom. The summed E-state index contributed by atoms with van der Waals surface area (Å²) in [5.74, 6) is 0.477. The fraction of sp³-hybridized carbons (Fsp3) is 0.643. The second kappa shape index (κ2) is 5.83. The Kier molecular flexibility index (Phi) is 4.41. The summed E-state index contributed by atoms with van der Waals surface area (Å²) in [5, 5.41) is 0.137. The fourth-order valence-corrected chi connectivity index (χ4v) is 2.92. The molecule has 0 amide bonds. The minimum absolute atomic E-state index is 0.137. The highest BCUT2D eigenvalue weighted by Gasteiger charge is 2.32. The van der Waals surface area contributed by atoms with Gasteiger partial charge in [-0.05, 0) is 31.4 Å². The summed E-state index contributed by atoms with van der Waals surface area (Å²) in [5.41, 5.74) is 2.27. The first-order valence-electron chi connectivity index (χ1n) is 6.38. The van der Waals surface area contributed by atoms with E-state index in [1.807, 2.05) is 13.1 Å². The van der Waals surface area contributed by atoms with Crippen LogP contribution in [0.25, 0.3) is 0 Å². The van der Waals surface area contributed by atoms with Crippen molar-refractivity contribution in [1.82, 2.24) is 4.98 Å². The number of nitrogens with zero attached hydrogens (tertiary/aromatic N) is 1. The van der Waals surface area contributed by atoms with Crippen molar-refractivity contribution in [2.45, 2.75) is 44.6 Å². The lowest BCUT2D eigenvalue weighted by Crippen LogP contribution is -2.26. The number of hydrogen-bond acceptors (Lipinski definition) is 2. The van der Waals surface area contributed by atoms with Gasteiger partial charge in [-0.1, -0.05) is 13.0 Å². The number of rotatable bonds is 4. The second-order valence-electron chi connectivity index (χ2n) is 4.82. The van der Waals surface area contributed by atoms with Gasteiger partial charge in [0.2, 0.25) is 0 Å². The van der Waals surface area contributed by atoms with Gasteiger partial charge in [0.05, 0.1) is 6.10 Å². The van der Waals surface area contributed by atoms with E-state index in [1.165, 1.54) is 5.56 Å². The van der Waals surface area contributed by atoms with Crippen molar-refractivity contribution in [2.24, 2.45) is 5.92 Å². The molecular formula is C14H20ClNO. The number of hydrogen-bond donors (Lipinski definition) is 0. The third-order valence-electron chi connectivity index (χ3n) is 3.50. The van der Waals surface area contributed by atoms with Crippen molar-refractivity contribution in [2.75, 3.05) is 6.61 Å². The van der Waals surface area contributed by atoms with Crippen LogP contribution in [0.3, 0.4) is 0 Å². The van der Waals surface area contributed by atoms with E-state index in [9.17, 15) is 0 Å². The first-order valence-corrected chi connectivity index (χ1v) is 6.81. The van der Waals surface area contributed by atoms with Crippen LogP contribution in [0.15, 0.2) is 18.3 Å². The minimum Gasteiger partial charge on any atom is -0.378 e. The van der Waals surface area contributed by atoms with Gasteiger partial charge in [-0.3, -0.25) is 4.98 Å². The molecule has 0 aliphatic carbocycles. The van der Waals surface area contributed by atoms with E-state index in [-0.39, 0.29) is 5.38 Å². The molecule has 17 heavy (non-hydrogen) atoms. The average molecular weight is 254 g/mol. The van der Waals surface area contributed by atoms with Crippen LogP contribution < -0.4 is 0 Å². The van der Waals surface area contributed by atoms with Gasteiger partial charge in [-0.2, -0.15) is 0 Å². The maximum Gasteiger partial charge on any atom is 0.0615 e. The second-order valence-corrected chi connectivity index (χ2v) is 5.38. The predicted octanol–water partition coefficient (Wildman–Crippen LogP) is 3.36. The standard InChI is InChI=1S/C14H20ClNO/c1-3-14-12(6-7-17-14)13(15)8-11-5-4-10(2)9-16-11/h4-5,9,12-14H,3,6-8H2,1-2H3. The summed E-state index contributed by atoms with van der Waals surface area (Å²) in [6.45, 7) is 5.07. The van der Waals surface area contributed by atoms with Crippen molar-refractivity contribution in [3.63, 3.8) is 0 Å². The van der Waals surface area contributed by atoms with Gasteiger partial charge < -0.3 is 4.74 Å². The van der Waals surface area contributed by atoms with Gasteiger partial charge in [-0.15, -0.1) is 11.6 Å². The van der Waals surface area contributed by atoms with Crippen LogP contribution in [0.2, 0.25) is 0 Å². The van der Waals surface area contributed by atoms with Crippen molar-refractivity contribution in [3.8, 4) is 0 Å².